The number of phenolic OH excluding ortho intramolecular Hbond substituents is 1. The van der Waals surface area contributed by atoms with E-state index in [4.69, 9.17) is 0 Å². The summed E-state index contributed by atoms with van der Waals surface area (Å²) >= 11 is 0. The third-order valence-electron chi connectivity index (χ3n) is 4.66. The summed E-state index contributed by atoms with van der Waals surface area (Å²) < 4.78 is 0. The zero-order valence-electron chi connectivity index (χ0n) is 11.2. The molecule has 1 N–H and O–H groups in total. The van der Waals surface area contributed by atoms with Gasteiger partial charge in [-0.3, -0.25) is 4.90 Å². The van der Waals surface area contributed by atoms with Crippen molar-refractivity contribution in [3.63, 3.8) is 0 Å². The van der Waals surface area contributed by atoms with Crippen LogP contribution in [0.1, 0.15) is 49.7 Å². The highest BCUT2D eigenvalue weighted by atomic mass is 16.3. The molecule has 98 valence electrons. The Kier molecular flexibility index (Phi) is 3.29. The number of nitrogens with zero attached hydrogens (tertiary/aromatic N) is 1. The molecule has 0 radical (unpaired) electrons. The fraction of sp³-hybridized carbons (Fsp3) is 0.625. The number of phenols is 1. The van der Waals surface area contributed by atoms with Crippen molar-refractivity contribution >= 4 is 0 Å². The zero-order valence-corrected chi connectivity index (χ0v) is 11.2. The SMILES string of the molecule is CCCN1CCC[C@H]2c3c(O)cccc3CC[C@@H]21. The van der Waals surface area contributed by atoms with Gasteiger partial charge in [-0.1, -0.05) is 19.1 Å². The van der Waals surface area contributed by atoms with E-state index in [2.05, 4.69) is 17.9 Å². The van der Waals surface area contributed by atoms with Crippen LogP contribution in [0.4, 0.5) is 0 Å². The number of benzene rings is 1. The molecule has 1 aromatic carbocycles. The van der Waals surface area contributed by atoms with Gasteiger partial charge in [-0.05, 0) is 56.8 Å². The van der Waals surface area contributed by atoms with Crippen molar-refractivity contribution in [1.29, 1.82) is 0 Å². The number of piperidine rings is 1. The van der Waals surface area contributed by atoms with Crippen LogP contribution in [0.5, 0.6) is 5.75 Å². The molecule has 0 amide bonds. The van der Waals surface area contributed by atoms with Crippen molar-refractivity contribution < 1.29 is 5.11 Å². The van der Waals surface area contributed by atoms with Crippen LogP contribution in [0.3, 0.4) is 0 Å². The van der Waals surface area contributed by atoms with Crippen LogP contribution in [0.25, 0.3) is 0 Å². The Morgan fingerprint density at radius 2 is 2.22 bits per heavy atom. The summed E-state index contributed by atoms with van der Waals surface area (Å²) in [5.74, 6) is 1.09. The van der Waals surface area contributed by atoms with Crippen LogP contribution in [0.2, 0.25) is 0 Å². The highest BCUT2D eigenvalue weighted by molar-refractivity contribution is 5.44. The number of rotatable bonds is 2. The molecular weight excluding hydrogens is 222 g/mol. The van der Waals surface area contributed by atoms with Gasteiger partial charge in [0, 0.05) is 17.5 Å². The van der Waals surface area contributed by atoms with Gasteiger partial charge in [0.05, 0.1) is 0 Å². The number of aromatic hydroxyl groups is 1. The summed E-state index contributed by atoms with van der Waals surface area (Å²) in [6, 6.07) is 6.71. The summed E-state index contributed by atoms with van der Waals surface area (Å²) in [6.45, 7) is 4.72. The van der Waals surface area contributed by atoms with Gasteiger partial charge < -0.3 is 5.11 Å². The summed E-state index contributed by atoms with van der Waals surface area (Å²) in [5, 5.41) is 10.2. The first-order chi connectivity index (χ1) is 8.81. The Labute approximate surface area is 110 Å². The Balaban J connectivity index is 1.94. The van der Waals surface area contributed by atoms with E-state index in [0.717, 1.165) is 6.42 Å². The molecule has 0 aromatic heterocycles. The largest absolute Gasteiger partial charge is 0.508 e. The molecule has 1 aliphatic heterocycles. The third kappa shape index (κ3) is 1.93. The standard InChI is InChI=1S/C16H23NO/c1-2-10-17-11-4-6-13-14(17)9-8-12-5-3-7-15(18)16(12)13/h3,5,7,13-14,18H,2,4,6,8-11H2,1H3/t13-,14+/m1/s1. The molecule has 2 aliphatic rings. The van der Waals surface area contributed by atoms with Crippen LogP contribution < -0.4 is 0 Å². The number of fused-ring (bicyclic) bond motifs is 3. The average Bonchev–Trinajstić information content (AvgIpc) is 2.39. The lowest BCUT2D eigenvalue weighted by Crippen LogP contribution is -2.46. The summed E-state index contributed by atoms with van der Waals surface area (Å²) in [4.78, 5) is 2.66. The van der Waals surface area contributed by atoms with Crippen molar-refractivity contribution in [1.82, 2.24) is 4.90 Å². The Bertz CT molecular complexity index is 427. The molecule has 2 heteroatoms. The van der Waals surface area contributed by atoms with Gasteiger partial charge in [0.25, 0.3) is 0 Å². The first-order valence-corrected chi connectivity index (χ1v) is 7.36. The molecule has 1 aliphatic carbocycles. The van der Waals surface area contributed by atoms with Crippen LogP contribution >= 0.6 is 0 Å². The molecule has 0 unspecified atom stereocenters. The fourth-order valence-electron chi connectivity index (χ4n) is 3.96. The van der Waals surface area contributed by atoms with Crippen molar-refractivity contribution in [3.05, 3.63) is 29.3 Å². The second kappa shape index (κ2) is 4.93. The molecule has 3 rings (SSSR count). The van der Waals surface area contributed by atoms with Crippen LogP contribution in [0, 0.1) is 0 Å². The van der Waals surface area contributed by atoms with E-state index >= 15 is 0 Å². The number of likely N-dealkylation sites (tertiary alicyclic amines) is 1. The second-order valence-electron chi connectivity index (χ2n) is 5.74. The molecule has 2 atom stereocenters. The van der Waals surface area contributed by atoms with E-state index in [9.17, 15) is 5.11 Å². The van der Waals surface area contributed by atoms with Gasteiger partial charge in [0.15, 0.2) is 0 Å². The molecular formula is C16H23NO. The van der Waals surface area contributed by atoms with E-state index in [0.29, 0.717) is 17.7 Å². The smallest absolute Gasteiger partial charge is 0.119 e. The molecule has 1 fully saturated rings. The number of aryl methyl sites for hydroxylation is 1. The Morgan fingerprint density at radius 3 is 3.06 bits per heavy atom. The molecule has 0 saturated carbocycles. The predicted molar refractivity (Wildman–Crippen MR) is 74.1 cm³/mol. The molecule has 2 nitrogen and oxygen atoms in total. The van der Waals surface area contributed by atoms with E-state index in [-0.39, 0.29) is 0 Å². The monoisotopic (exact) mass is 245 g/mol. The molecule has 18 heavy (non-hydrogen) atoms. The van der Waals surface area contributed by atoms with Gasteiger partial charge >= 0.3 is 0 Å². The molecule has 1 saturated heterocycles. The lowest BCUT2D eigenvalue weighted by Gasteiger charge is -2.45. The van der Waals surface area contributed by atoms with E-state index in [1.807, 2.05) is 12.1 Å². The van der Waals surface area contributed by atoms with Gasteiger partial charge in [-0.25, -0.2) is 0 Å². The normalized spacial score (nSPS) is 27.6. The third-order valence-corrected chi connectivity index (χ3v) is 4.66. The minimum absolute atomic E-state index is 0.528. The first-order valence-electron chi connectivity index (χ1n) is 7.36. The Morgan fingerprint density at radius 1 is 1.33 bits per heavy atom. The number of hydrogen-bond donors (Lipinski definition) is 1. The average molecular weight is 245 g/mol. The molecule has 0 spiro atoms. The summed E-state index contributed by atoms with van der Waals surface area (Å²) in [7, 11) is 0. The van der Waals surface area contributed by atoms with Gasteiger partial charge in [-0.15, -0.1) is 0 Å². The molecule has 1 heterocycles. The van der Waals surface area contributed by atoms with Crippen molar-refractivity contribution in [3.8, 4) is 5.75 Å². The molecule has 0 bridgehead atoms. The van der Waals surface area contributed by atoms with Gasteiger partial charge in [-0.2, -0.15) is 0 Å². The first kappa shape index (κ1) is 12.0. The lowest BCUT2D eigenvalue weighted by atomic mass is 9.74. The maximum atomic E-state index is 10.2. The molecule has 1 aromatic rings. The van der Waals surface area contributed by atoms with Crippen LogP contribution in [-0.2, 0) is 6.42 Å². The minimum Gasteiger partial charge on any atom is -0.508 e. The van der Waals surface area contributed by atoms with Crippen LogP contribution in [-0.4, -0.2) is 29.1 Å². The lowest BCUT2D eigenvalue weighted by molar-refractivity contribution is 0.111. The van der Waals surface area contributed by atoms with Crippen molar-refractivity contribution in [2.45, 2.75) is 51.0 Å². The fourth-order valence-corrected chi connectivity index (χ4v) is 3.96. The van der Waals surface area contributed by atoms with Gasteiger partial charge in [0.1, 0.15) is 5.75 Å². The predicted octanol–water partition coefficient (Wildman–Crippen LogP) is 3.30. The van der Waals surface area contributed by atoms with E-state index in [1.165, 1.54) is 49.9 Å². The minimum atomic E-state index is 0.528. The zero-order chi connectivity index (χ0) is 12.5. The highest BCUT2D eigenvalue weighted by Crippen LogP contribution is 2.44. The quantitative estimate of drug-likeness (QED) is 0.864. The van der Waals surface area contributed by atoms with Crippen molar-refractivity contribution in [2.24, 2.45) is 0 Å². The van der Waals surface area contributed by atoms with E-state index in [1.54, 1.807) is 0 Å². The van der Waals surface area contributed by atoms with Gasteiger partial charge in [0.2, 0.25) is 0 Å². The summed E-state index contributed by atoms with van der Waals surface area (Å²) in [5.41, 5.74) is 2.64. The highest BCUT2D eigenvalue weighted by Gasteiger charge is 2.37. The van der Waals surface area contributed by atoms with E-state index < -0.39 is 0 Å². The van der Waals surface area contributed by atoms with Crippen LogP contribution in [0.15, 0.2) is 18.2 Å². The topological polar surface area (TPSA) is 23.5 Å². The second-order valence-corrected chi connectivity index (χ2v) is 5.74. The maximum Gasteiger partial charge on any atom is 0.119 e. The Hall–Kier alpha value is -1.02. The number of hydrogen-bond acceptors (Lipinski definition) is 2. The summed E-state index contributed by atoms with van der Waals surface area (Å²) in [6.07, 6.45) is 6.15. The van der Waals surface area contributed by atoms with Crippen molar-refractivity contribution in [2.75, 3.05) is 13.1 Å². The maximum absolute atomic E-state index is 10.2.